The molecule has 3 heteroatoms. The Hall–Kier alpha value is 0.900. The molecule has 0 saturated heterocycles. The maximum atomic E-state index is 3.64. The second-order valence-electron chi connectivity index (χ2n) is 4.03. The van der Waals surface area contributed by atoms with Gasteiger partial charge in [-0.3, -0.25) is 0 Å². The van der Waals surface area contributed by atoms with E-state index in [9.17, 15) is 0 Å². The lowest BCUT2D eigenvalue weighted by Crippen LogP contribution is -1.90. The summed E-state index contributed by atoms with van der Waals surface area (Å²) in [6, 6.07) is 8.61. The number of allylic oxidation sites excluding steroid dienone is 1. The SMILES string of the molecule is CCCCCC/C(=C(\Br)I)c1ccccc1I. The van der Waals surface area contributed by atoms with Gasteiger partial charge in [0.1, 0.15) is 0 Å². The van der Waals surface area contributed by atoms with Gasteiger partial charge in [-0.15, -0.1) is 0 Å². The molecule has 1 rings (SSSR count). The number of hydrogen-bond acceptors (Lipinski definition) is 0. The van der Waals surface area contributed by atoms with Crippen LogP contribution < -0.4 is 0 Å². The van der Waals surface area contributed by atoms with Crippen LogP contribution in [0.15, 0.2) is 26.8 Å². The summed E-state index contributed by atoms with van der Waals surface area (Å²) in [5.41, 5.74) is 2.83. The molecule has 0 aliphatic rings. The monoisotopic (exact) mass is 518 g/mol. The van der Waals surface area contributed by atoms with Gasteiger partial charge in [-0.2, -0.15) is 0 Å². The number of benzene rings is 1. The van der Waals surface area contributed by atoms with Gasteiger partial charge in [0.15, 0.2) is 0 Å². The second-order valence-corrected chi connectivity index (χ2v) is 8.55. The Morgan fingerprint density at radius 3 is 2.47 bits per heavy atom. The molecule has 0 amide bonds. The Labute approximate surface area is 140 Å². The van der Waals surface area contributed by atoms with Crippen LogP contribution in [0.4, 0.5) is 0 Å². The third-order valence-electron chi connectivity index (χ3n) is 2.71. The van der Waals surface area contributed by atoms with E-state index >= 15 is 0 Å². The summed E-state index contributed by atoms with van der Waals surface area (Å²) in [4.78, 5) is 0. The van der Waals surface area contributed by atoms with Crippen molar-refractivity contribution in [3.05, 3.63) is 35.9 Å². The summed E-state index contributed by atoms with van der Waals surface area (Å²) in [5, 5.41) is 0. The van der Waals surface area contributed by atoms with Gasteiger partial charge in [-0.05, 0) is 91.2 Å². The van der Waals surface area contributed by atoms with Crippen molar-refractivity contribution in [3.63, 3.8) is 0 Å². The zero-order valence-corrected chi connectivity index (χ0v) is 15.9. The molecule has 0 fully saturated rings. The van der Waals surface area contributed by atoms with Gasteiger partial charge >= 0.3 is 0 Å². The van der Waals surface area contributed by atoms with Crippen LogP contribution in [-0.4, -0.2) is 0 Å². The molecular weight excluding hydrogens is 502 g/mol. The highest BCUT2D eigenvalue weighted by Crippen LogP contribution is 2.34. The molecule has 0 heterocycles. The van der Waals surface area contributed by atoms with E-state index < -0.39 is 0 Å². The first-order valence-electron chi connectivity index (χ1n) is 5.95. The fraction of sp³-hybridized carbons (Fsp3) is 0.429. The van der Waals surface area contributed by atoms with Crippen LogP contribution in [0.5, 0.6) is 0 Å². The zero-order chi connectivity index (χ0) is 12.7. The van der Waals surface area contributed by atoms with Crippen molar-refractivity contribution in [2.24, 2.45) is 0 Å². The van der Waals surface area contributed by atoms with E-state index in [0.29, 0.717) is 0 Å². The molecule has 0 nitrogen and oxygen atoms in total. The van der Waals surface area contributed by atoms with Crippen molar-refractivity contribution >= 4 is 66.7 Å². The molecule has 94 valence electrons. The van der Waals surface area contributed by atoms with Crippen LogP contribution in [-0.2, 0) is 0 Å². The maximum Gasteiger partial charge on any atom is 0.0597 e. The van der Waals surface area contributed by atoms with Crippen molar-refractivity contribution in [2.45, 2.75) is 39.0 Å². The normalized spacial score (nSPS) is 12.5. The van der Waals surface area contributed by atoms with Crippen LogP contribution >= 0.6 is 61.1 Å². The Bertz CT molecular complexity index is 382. The minimum absolute atomic E-state index is 1.17. The molecule has 0 aliphatic carbocycles. The Kier molecular flexibility index (Phi) is 8.36. The quantitative estimate of drug-likeness (QED) is 0.288. The summed E-state index contributed by atoms with van der Waals surface area (Å²) >= 11 is 8.44. The van der Waals surface area contributed by atoms with E-state index in [2.05, 4.69) is 92.3 Å². The van der Waals surface area contributed by atoms with Gasteiger partial charge in [0.25, 0.3) is 0 Å². The van der Waals surface area contributed by atoms with E-state index in [1.54, 1.807) is 0 Å². The highest BCUT2D eigenvalue weighted by Gasteiger charge is 2.08. The average Bonchev–Trinajstić information content (AvgIpc) is 2.30. The van der Waals surface area contributed by atoms with Crippen molar-refractivity contribution in [1.82, 2.24) is 0 Å². The Morgan fingerprint density at radius 2 is 1.88 bits per heavy atom. The molecule has 0 bridgehead atoms. The molecule has 0 aromatic heterocycles. The first-order chi connectivity index (χ1) is 8.16. The van der Waals surface area contributed by atoms with Gasteiger partial charge in [0.05, 0.1) is 2.49 Å². The molecule has 0 unspecified atom stereocenters. The standard InChI is InChI=1S/C14H17BrI2/c1-2-3-4-5-9-12(14(15)17)11-8-6-7-10-13(11)16/h6-8,10H,2-5,9H2,1H3/b14-12-. The van der Waals surface area contributed by atoms with Crippen molar-refractivity contribution in [2.75, 3.05) is 0 Å². The summed E-state index contributed by atoms with van der Waals surface area (Å²) < 4.78 is 2.58. The molecule has 1 aromatic carbocycles. The lowest BCUT2D eigenvalue weighted by atomic mass is 10.0. The summed E-state index contributed by atoms with van der Waals surface area (Å²) in [6.07, 6.45) is 6.43. The molecule has 0 atom stereocenters. The van der Waals surface area contributed by atoms with Crippen LogP contribution in [0.3, 0.4) is 0 Å². The minimum atomic E-state index is 1.17. The first kappa shape index (κ1) is 16.0. The van der Waals surface area contributed by atoms with E-state index in [1.807, 2.05) is 0 Å². The highest BCUT2D eigenvalue weighted by atomic mass is 127. The summed E-state index contributed by atoms with van der Waals surface area (Å²) in [7, 11) is 0. The van der Waals surface area contributed by atoms with Crippen LogP contribution in [0.25, 0.3) is 5.57 Å². The molecule has 0 N–H and O–H groups in total. The number of halogens is 3. The molecule has 0 spiro atoms. The van der Waals surface area contributed by atoms with Crippen molar-refractivity contribution < 1.29 is 0 Å². The largest absolute Gasteiger partial charge is 0.0654 e. The molecule has 17 heavy (non-hydrogen) atoms. The van der Waals surface area contributed by atoms with Crippen molar-refractivity contribution in [1.29, 1.82) is 0 Å². The average molecular weight is 519 g/mol. The predicted molar refractivity (Wildman–Crippen MR) is 97.8 cm³/mol. The fourth-order valence-electron chi connectivity index (χ4n) is 1.77. The minimum Gasteiger partial charge on any atom is -0.0654 e. The molecule has 0 aliphatic heterocycles. The maximum absolute atomic E-state index is 3.64. The van der Waals surface area contributed by atoms with Gasteiger partial charge < -0.3 is 0 Å². The topological polar surface area (TPSA) is 0 Å². The number of unbranched alkanes of at least 4 members (excludes halogenated alkanes) is 3. The van der Waals surface area contributed by atoms with E-state index in [1.165, 1.54) is 49.3 Å². The van der Waals surface area contributed by atoms with E-state index in [4.69, 9.17) is 0 Å². The van der Waals surface area contributed by atoms with Gasteiger partial charge in [0, 0.05) is 3.57 Å². The van der Waals surface area contributed by atoms with Gasteiger partial charge in [-0.25, -0.2) is 0 Å². The fourth-order valence-corrected chi connectivity index (χ4v) is 3.45. The van der Waals surface area contributed by atoms with Crippen LogP contribution in [0.1, 0.15) is 44.6 Å². The zero-order valence-electron chi connectivity index (χ0n) is 9.98. The lowest BCUT2D eigenvalue weighted by Gasteiger charge is -2.10. The second kappa shape index (κ2) is 8.91. The van der Waals surface area contributed by atoms with Gasteiger partial charge in [-0.1, -0.05) is 44.4 Å². The number of rotatable bonds is 6. The van der Waals surface area contributed by atoms with E-state index in [0.717, 1.165) is 0 Å². The summed E-state index contributed by atoms with van der Waals surface area (Å²) in [5.74, 6) is 0. The Morgan fingerprint density at radius 1 is 1.18 bits per heavy atom. The highest BCUT2D eigenvalue weighted by molar-refractivity contribution is 14.1. The van der Waals surface area contributed by atoms with Crippen molar-refractivity contribution in [3.8, 4) is 0 Å². The smallest absolute Gasteiger partial charge is 0.0597 e. The molecular formula is C14H17BrI2. The lowest BCUT2D eigenvalue weighted by molar-refractivity contribution is 0.679. The molecule has 0 radical (unpaired) electrons. The first-order valence-corrected chi connectivity index (χ1v) is 8.91. The Balaban J connectivity index is 2.75. The predicted octanol–water partition coefficient (Wildman–Crippen LogP) is 6.76. The number of hydrogen-bond donors (Lipinski definition) is 0. The van der Waals surface area contributed by atoms with E-state index in [-0.39, 0.29) is 0 Å². The van der Waals surface area contributed by atoms with Crippen LogP contribution in [0, 0.1) is 3.57 Å². The third kappa shape index (κ3) is 5.59. The molecule has 1 aromatic rings. The third-order valence-corrected chi connectivity index (χ3v) is 4.78. The summed E-state index contributed by atoms with van der Waals surface area (Å²) in [6.45, 7) is 2.26. The van der Waals surface area contributed by atoms with Gasteiger partial charge in [0.2, 0.25) is 0 Å². The molecule has 0 saturated carbocycles. The van der Waals surface area contributed by atoms with Crippen LogP contribution in [0.2, 0.25) is 0 Å².